The third-order valence-electron chi connectivity index (χ3n) is 7.26. The van der Waals surface area contributed by atoms with Crippen LogP contribution in [0.15, 0.2) is 85.7 Å². The molecule has 0 saturated carbocycles. The standard InChI is InChI=1S/C33H36N4O9S/c1-7-36(8-2)23-10-9-22-17-26(33(41)46-28(22)18-23)29-34-27-12-11-24(19-25(27)30(38)35-29)47(42,43)37(13-15-44-31(39)20(3)4)14-16-45-32(40)21(5)6/h9-12,17-19H,3,5,7-8,13-16H2,1-2,4,6H3,(H,34,35,38). The number of hydrogen-bond donors (Lipinski definition) is 1. The molecular formula is C33H36N4O9S. The van der Waals surface area contributed by atoms with Gasteiger partial charge in [-0.15, -0.1) is 0 Å². The molecule has 0 aliphatic heterocycles. The molecular weight excluding hydrogens is 628 g/mol. The Balaban J connectivity index is 1.67. The van der Waals surface area contributed by atoms with Crippen LogP contribution in [0.4, 0.5) is 5.69 Å². The zero-order valence-corrected chi connectivity index (χ0v) is 27.4. The van der Waals surface area contributed by atoms with E-state index >= 15 is 0 Å². The quantitative estimate of drug-likeness (QED) is 0.118. The van der Waals surface area contributed by atoms with E-state index in [0.29, 0.717) is 11.0 Å². The maximum absolute atomic E-state index is 13.7. The average Bonchev–Trinajstić information content (AvgIpc) is 3.03. The largest absolute Gasteiger partial charge is 0.461 e. The van der Waals surface area contributed by atoms with Crippen LogP contribution in [0, 0.1) is 0 Å². The van der Waals surface area contributed by atoms with Gasteiger partial charge in [0.2, 0.25) is 10.0 Å². The van der Waals surface area contributed by atoms with E-state index in [0.717, 1.165) is 29.1 Å². The third kappa shape index (κ3) is 7.84. The summed E-state index contributed by atoms with van der Waals surface area (Å²) in [5.41, 5.74) is 0.347. The number of anilines is 1. The van der Waals surface area contributed by atoms with Gasteiger partial charge in [-0.1, -0.05) is 13.2 Å². The Morgan fingerprint density at radius 1 is 0.915 bits per heavy atom. The third-order valence-corrected chi connectivity index (χ3v) is 9.16. The summed E-state index contributed by atoms with van der Waals surface area (Å²) in [4.78, 5) is 58.8. The molecule has 47 heavy (non-hydrogen) atoms. The van der Waals surface area contributed by atoms with Crippen LogP contribution in [0.5, 0.6) is 0 Å². The van der Waals surface area contributed by atoms with E-state index in [1.54, 1.807) is 12.1 Å². The number of aromatic amines is 1. The first-order valence-corrected chi connectivity index (χ1v) is 16.2. The molecule has 0 aliphatic carbocycles. The van der Waals surface area contributed by atoms with Crippen LogP contribution in [0.3, 0.4) is 0 Å². The summed E-state index contributed by atoms with van der Waals surface area (Å²) < 4.78 is 44.1. The van der Waals surface area contributed by atoms with Gasteiger partial charge in [-0.2, -0.15) is 4.31 Å². The number of H-pyrrole nitrogens is 1. The topological polar surface area (TPSA) is 169 Å². The lowest BCUT2D eigenvalue weighted by atomic mass is 10.1. The second-order valence-electron chi connectivity index (χ2n) is 10.7. The molecule has 0 atom stereocenters. The fourth-order valence-corrected chi connectivity index (χ4v) is 6.12. The van der Waals surface area contributed by atoms with Crippen LogP contribution < -0.4 is 16.1 Å². The highest BCUT2D eigenvalue weighted by atomic mass is 32.2. The molecule has 0 radical (unpaired) electrons. The fraction of sp³-hybridized carbons (Fsp3) is 0.303. The van der Waals surface area contributed by atoms with Crippen molar-refractivity contribution in [2.75, 3.05) is 44.3 Å². The number of rotatable bonds is 14. The van der Waals surface area contributed by atoms with Gasteiger partial charge in [0.15, 0.2) is 0 Å². The Morgan fingerprint density at radius 2 is 1.53 bits per heavy atom. The monoisotopic (exact) mass is 664 g/mol. The van der Waals surface area contributed by atoms with E-state index in [9.17, 15) is 27.6 Å². The van der Waals surface area contributed by atoms with Crippen LogP contribution in [0.1, 0.15) is 27.7 Å². The Labute approximate surface area is 271 Å². The van der Waals surface area contributed by atoms with Gasteiger partial charge in [0.25, 0.3) is 5.56 Å². The van der Waals surface area contributed by atoms with Gasteiger partial charge in [0, 0.05) is 54.5 Å². The number of sulfonamides is 1. The molecule has 14 heteroatoms. The number of ether oxygens (including phenoxy) is 2. The van der Waals surface area contributed by atoms with Crippen molar-refractivity contribution in [1.29, 1.82) is 0 Å². The normalized spacial score (nSPS) is 11.5. The highest BCUT2D eigenvalue weighted by Crippen LogP contribution is 2.25. The number of hydrogen-bond acceptors (Lipinski definition) is 11. The molecule has 2 aromatic heterocycles. The van der Waals surface area contributed by atoms with E-state index < -0.39 is 33.1 Å². The SMILES string of the molecule is C=C(C)C(=O)OCCN(CCOC(=O)C(=C)C)S(=O)(=O)c1ccc2nc(-c3cc4ccc(N(CC)CC)cc4oc3=O)[nH]c(=O)c2c1. The van der Waals surface area contributed by atoms with Gasteiger partial charge in [-0.05, 0) is 64.1 Å². The van der Waals surface area contributed by atoms with Gasteiger partial charge in [0.1, 0.15) is 30.2 Å². The smallest absolute Gasteiger partial charge is 0.347 e. The van der Waals surface area contributed by atoms with Crippen LogP contribution in [0.25, 0.3) is 33.3 Å². The van der Waals surface area contributed by atoms with Crippen molar-refractivity contribution in [3.8, 4) is 11.4 Å². The summed E-state index contributed by atoms with van der Waals surface area (Å²) in [6, 6.07) is 10.9. The molecule has 0 bridgehead atoms. The minimum Gasteiger partial charge on any atom is -0.461 e. The Hall–Kier alpha value is -5.08. The van der Waals surface area contributed by atoms with Crippen LogP contribution in [-0.4, -0.2) is 74.0 Å². The lowest BCUT2D eigenvalue weighted by molar-refractivity contribution is -0.139. The molecule has 4 rings (SSSR count). The number of nitrogens with one attached hydrogen (secondary N) is 1. The molecule has 4 aromatic rings. The van der Waals surface area contributed by atoms with Gasteiger partial charge in [-0.3, -0.25) is 4.79 Å². The van der Waals surface area contributed by atoms with Crippen molar-refractivity contribution in [2.24, 2.45) is 0 Å². The van der Waals surface area contributed by atoms with Crippen molar-refractivity contribution in [1.82, 2.24) is 14.3 Å². The lowest BCUT2D eigenvalue weighted by Gasteiger charge is -2.22. The minimum atomic E-state index is -4.30. The molecule has 0 unspecified atom stereocenters. The molecule has 2 aromatic carbocycles. The maximum Gasteiger partial charge on any atom is 0.347 e. The van der Waals surface area contributed by atoms with Crippen molar-refractivity contribution in [2.45, 2.75) is 32.6 Å². The van der Waals surface area contributed by atoms with Gasteiger partial charge >= 0.3 is 17.6 Å². The van der Waals surface area contributed by atoms with E-state index in [4.69, 9.17) is 13.9 Å². The first-order valence-electron chi connectivity index (χ1n) is 14.8. The Kier molecular flexibility index (Phi) is 10.8. The molecule has 248 valence electrons. The number of fused-ring (bicyclic) bond motifs is 2. The van der Waals surface area contributed by atoms with E-state index in [2.05, 4.69) is 28.0 Å². The van der Waals surface area contributed by atoms with Crippen LogP contribution in [0.2, 0.25) is 0 Å². The lowest BCUT2D eigenvalue weighted by Crippen LogP contribution is -2.37. The molecule has 2 heterocycles. The summed E-state index contributed by atoms with van der Waals surface area (Å²) in [5.74, 6) is -1.43. The van der Waals surface area contributed by atoms with Crippen LogP contribution in [-0.2, 0) is 29.1 Å². The zero-order chi connectivity index (χ0) is 34.5. The van der Waals surface area contributed by atoms with Crippen molar-refractivity contribution < 1.29 is 31.9 Å². The summed E-state index contributed by atoms with van der Waals surface area (Å²) >= 11 is 0. The van der Waals surface area contributed by atoms with E-state index in [-0.39, 0.29) is 64.6 Å². The number of carbonyl (C=O) groups is 2. The van der Waals surface area contributed by atoms with Gasteiger partial charge in [0.05, 0.1) is 15.8 Å². The van der Waals surface area contributed by atoms with Gasteiger partial charge in [-0.25, -0.2) is 27.8 Å². The van der Waals surface area contributed by atoms with Crippen molar-refractivity contribution >= 4 is 49.5 Å². The summed E-state index contributed by atoms with van der Waals surface area (Å²) in [5, 5.41) is 0.578. The minimum absolute atomic E-state index is 0.0311. The number of nitrogens with zero attached hydrogens (tertiary/aromatic N) is 3. The summed E-state index contributed by atoms with van der Waals surface area (Å²) in [7, 11) is -4.30. The Bertz CT molecular complexity index is 2060. The molecule has 0 aliphatic rings. The first-order chi connectivity index (χ1) is 22.3. The van der Waals surface area contributed by atoms with Crippen molar-refractivity contribution in [3.63, 3.8) is 0 Å². The second kappa shape index (κ2) is 14.6. The Morgan fingerprint density at radius 3 is 2.11 bits per heavy atom. The first kappa shape index (κ1) is 34.8. The molecule has 0 spiro atoms. The van der Waals surface area contributed by atoms with Crippen molar-refractivity contribution in [3.05, 3.63) is 87.5 Å². The predicted octanol–water partition coefficient (Wildman–Crippen LogP) is 3.77. The molecule has 1 N–H and O–H groups in total. The predicted molar refractivity (Wildman–Crippen MR) is 178 cm³/mol. The molecule has 0 fully saturated rings. The number of carbonyl (C=O) groups excluding carboxylic acids is 2. The van der Waals surface area contributed by atoms with E-state index in [1.165, 1.54) is 26.0 Å². The van der Waals surface area contributed by atoms with E-state index in [1.807, 2.05) is 26.0 Å². The maximum atomic E-state index is 13.7. The second-order valence-corrected chi connectivity index (χ2v) is 12.6. The fourth-order valence-electron chi connectivity index (χ4n) is 4.68. The highest BCUT2D eigenvalue weighted by molar-refractivity contribution is 7.89. The molecule has 0 saturated heterocycles. The zero-order valence-electron chi connectivity index (χ0n) is 26.6. The summed E-state index contributed by atoms with van der Waals surface area (Å²) in [6.07, 6.45) is 0. The van der Waals surface area contributed by atoms with Crippen LogP contribution >= 0.6 is 0 Å². The number of esters is 2. The number of benzene rings is 2. The number of aromatic nitrogens is 2. The summed E-state index contributed by atoms with van der Waals surface area (Å²) in [6.45, 7) is 14.4. The molecule has 0 amide bonds. The van der Waals surface area contributed by atoms with Gasteiger partial charge < -0.3 is 23.8 Å². The molecule has 13 nitrogen and oxygen atoms in total. The highest BCUT2D eigenvalue weighted by Gasteiger charge is 2.26. The average molecular weight is 665 g/mol.